The van der Waals surface area contributed by atoms with Crippen molar-refractivity contribution in [3.05, 3.63) is 36.3 Å². The van der Waals surface area contributed by atoms with Gasteiger partial charge in [0.1, 0.15) is 5.82 Å². The molecular formula is C18H20FN3O. The van der Waals surface area contributed by atoms with Crippen molar-refractivity contribution in [1.82, 2.24) is 9.88 Å². The molecule has 1 aromatic heterocycles. The molecule has 1 aliphatic heterocycles. The number of carbonyl (C=O) groups is 1. The second-order valence-corrected chi connectivity index (χ2v) is 6.43. The van der Waals surface area contributed by atoms with Crippen LogP contribution in [0.15, 0.2) is 30.5 Å². The monoisotopic (exact) mass is 313 g/mol. The minimum absolute atomic E-state index is 0.265. The van der Waals surface area contributed by atoms with E-state index < -0.39 is 0 Å². The van der Waals surface area contributed by atoms with Gasteiger partial charge in [0.2, 0.25) is 5.91 Å². The number of benzene rings is 1. The van der Waals surface area contributed by atoms with Crippen LogP contribution in [0.25, 0.3) is 10.9 Å². The molecule has 1 aliphatic carbocycles. The van der Waals surface area contributed by atoms with Crippen LogP contribution < -0.4 is 4.90 Å². The number of amides is 1. The number of hydrogen-bond acceptors (Lipinski definition) is 3. The molecule has 1 saturated heterocycles. The van der Waals surface area contributed by atoms with Crippen LogP contribution in [0.2, 0.25) is 0 Å². The number of pyridine rings is 1. The fourth-order valence-corrected chi connectivity index (χ4v) is 3.35. The van der Waals surface area contributed by atoms with Gasteiger partial charge in [0.05, 0.1) is 5.52 Å². The highest BCUT2D eigenvalue weighted by Crippen LogP contribution is 2.32. The minimum atomic E-state index is -0.265. The van der Waals surface area contributed by atoms with Gasteiger partial charge in [0, 0.05) is 55.4 Å². The van der Waals surface area contributed by atoms with Gasteiger partial charge in [-0.2, -0.15) is 0 Å². The number of nitrogens with zero attached hydrogens (tertiary/aromatic N) is 3. The Morgan fingerprint density at radius 2 is 2.00 bits per heavy atom. The lowest BCUT2D eigenvalue weighted by molar-refractivity contribution is -0.132. The number of rotatable bonds is 2. The SMILES string of the molecule is O=C(C1CC1)N1CCCN(c2ccnc3cc(F)ccc23)CC1. The summed E-state index contributed by atoms with van der Waals surface area (Å²) in [6.45, 7) is 3.32. The molecular weight excluding hydrogens is 293 g/mol. The van der Waals surface area contributed by atoms with Crippen LogP contribution in [0.4, 0.5) is 10.1 Å². The molecule has 2 aliphatic rings. The molecule has 0 bridgehead atoms. The topological polar surface area (TPSA) is 36.4 Å². The van der Waals surface area contributed by atoms with Gasteiger partial charge in [-0.25, -0.2) is 4.39 Å². The second-order valence-electron chi connectivity index (χ2n) is 6.43. The van der Waals surface area contributed by atoms with Crippen LogP contribution in [0.3, 0.4) is 0 Å². The summed E-state index contributed by atoms with van der Waals surface area (Å²) in [5.74, 6) is 0.346. The van der Waals surface area contributed by atoms with Gasteiger partial charge in [-0.1, -0.05) is 0 Å². The Balaban J connectivity index is 1.57. The van der Waals surface area contributed by atoms with Crippen LogP contribution >= 0.6 is 0 Å². The summed E-state index contributed by atoms with van der Waals surface area (Å²) < 4.78 is 13.4. The molecule has 0 unspecified atom stereocenters. The number of hydrogen-bond donors (Lipinski definition) is 0. The summed E-state index contributed by atoms with van der Waals surface area (Å²) in [4.78, 5) is 20.8. The summed E-state index contributed by atoms with van der Waals surface area (Å²) in [7, 11) is 0. The largest absolute Gasteiger partial charge is 0.369 e. The molecule has 1 amide bonds. The second kappa shape index (κ2) is 5.80. The van der Waals surface area contributed by atoms with Crippen molar-refractivity contribution in [3.8, 4) is 0 Å². The van der Waals surface area contributed by atoms with Gasteiger partial charge >= 0.3 is 0 Å². The lowest BCUT2D eigenvalue weighted by Crippen LogP contribution is -2.36. The Labute approximate surface area is 134 Å². The maximum atomic E-state index is 13.4. The van der Waals surface area contributed by atoms with Gasteiger partial charge in [0.15, 0.2) is 0 Å². The van der Waals surface area contributed by atoms with E-state index in [0.717, 1.165) is 56.5 Å². The van der Waals surface area contributed by atoms with E-state index in [2.05, 4.69) is 9.88 Å². The van der Waals surface area contributed by atoms with Crippen LogP contribution in [0.5, 0.6) is 0 Å². The Morgan fingerprint density at radius 3 is 2.83 bits per heavy atom. The van der Waals surface area contributed by atoms with Crippen LogP contribution in [-0.2, 0) is 4.79 Å². The van der Waals surface area contributed by atoms with Crippen LogP contribution in [-0.4, -0.2) is 42.0 Å². The first-order valence-electron chi connectivity index (χ1n) is 8.30. The number of carbonyl (C=O) groups excluding carboxylic acids is 1. The molecule has 23 heavy (non-hydrogen) atoms. The Kier molecular flexibility index (Phi) is 3.63. The fourth-order valence-electron chi connectivity index (χ4n) is 3.35. The molecule has 1 saturated carbocycles. The van der Waals surface area contributed by atoms with E-state index in [1.165, 1.54) is 12.1 Å². The summed E-state index contributed by atoms with van der Waals surface area (Å²) in [6, 6.07) is 6.73. The van der Waals surface area contributed by atoms with Crippen molar-refractivity contribution in [2.45, 2.75) is 19.3 Å². The Hall–Kier alpha value is -2.17. The molecule has 5 heteroatoms. The first-order valence-corrected chi connectivity index (χ1v) is 8.30. The molecule has 4 nitrogen and oxygen atoms in total. The zero-order chi connectivity index (χ0) is 15.8. The molecule has 2 heterocycles. The van der Waals surface area contributed by atoms with E-state index >= 15 is 0 Å². The molecule has 2 aromatic rings. The molecule has 2 fully saturated rings. The van der Waals surface area contributed by atoms with Gasteiger partial charge in [-0.05, 0) is 37.5 Å². The molecule has 0 radical (unpaired) electrons. The van der Waals surface area contributed by atoms with E-state index in [1.807, 2.05) is 11.0 Å². The molecule has 0 atom stereocenters. The number of aromatic nitrogens is 1. The third-order valence-electron chi connectivity index (χ3n) is 4.76. The summed E-state index contributed by atoms with van der Waals surface area (Å²) in [5.41, 5.74) is 1.76. The number of anilines is 1. The standard InChI is InChI=1S/C18H20FN3O/c19-14-4-5-15-16(12-14)20-7-6-17(15)21-8-1-9-22(11-10-21)18(23)13-2-3-13/h4-7,12-13H,1-3,8-11H2. The quantitative estimate of drug-likeness (QED) is 0.855. The van der Waals surface area contributed by atoms with E-state index in [9.17, 15) is 9.18 Å². The third kappa shape index (κ3) is 2.87. The zero-order valence-corrected chi connectivity index (χ0v) is 13.0. The van der Waals surface area contributed by atoms with Gasteiger partial charge in [0.25, 0.3) is 0 Å². The normalized spacial score (nSPS) is 19.0. The highest BCUT2D eigenvalue weighted by molar-refractivity contribution is 5.91. The molecule has 0 N–H and O–H groups in total. The maximum Gasteiger partial charge on any atom is 0.225 e. The summed E-state index contributed by atoms with van der Waals surface area (Å²) in [5, 5.41) is 0.968. The maximum absolute atomic E-state index is 13.4. The van der Waals surface area contributed by atoms with Crippen molar-refractivity contribution in [2.75, 3.05) is 31.1 Å². The predicted octanol–water partition coefficient (Wildman–Crippen LogP) is 2.82. The van der Waals surface area contributed by atoms with E-state index in [1.54, 1.807) is 12.3 Å². The molecule has 120 valence electrons. The van der Waals surface area contributed by atoms with Crippen molar-refractivity contribution in [3.63, 3.8) is 0 Å². The van der Waals surface area contributed by atoms with Crippen molar-refractivity contribution < 1.29 is 9.18 Å². The average Bonchev–Trinajstić information content (AvgIpc) is 3.40. The highest BCUT2D eigenvalue weighted by Gasteiger charge is 2.34. The zero-order valence-electron chi connectivity index (χ0n) is 13.0. The molecule has 1 aromatic carbocycles. The van der Waals surface area contributed by atoms with Crippen molar-refractivity contribution in [2.24, 2.45) is 5.92 Å². The Morgan fingerprint density at radius 1 is 1.13 bits per heavy atom. The summed E-state index contributed by atoms with van der Waals surface area (Å²) in [6.07, 6.45) is 4.80. The van der Waals surface area contributed by atoms with Gasteiger partial charge in [-0.15, -0.1) is 0 Å². The van der Waals surface area contributed by atoms with Gasteiger partial charge in [-0.3, -0.25) is 9.78 Å². The van der Waals surface area contributed by atoms with Crippen LogP contribution in [0, 0.1) is 11.7 Å². The lowest BCUT2D eigenvalue weighted by Gasteiger charge is -2.25. The minimum Gasteiger partial charge on any atom is -0.369 e. The van der Waals surface area contributed by atoms with E-state index in [-0.39, 0.29) is 11.7 Å². The Bertz CT molecular complexity index is 744. The van der Waals surface area contributed by atoms with Crippen molar-refractivity contribution in [1.29, 1.82) is 0 Å². The summed E-state index contributed by atoms with van der Waals surface area (Å²) >= 11 is 0. The van der Waals surface area contributed by atoms with Crippen molar-refractivity contribution >= 4 is 22.5 Å². The number of fused-ring (bicyclic) bond motifs is 1. The first-order chi connectivity index (χ1) is 11.2. The first kappa shape index (κ1) is 14.4. The average molecular weight is 313 g/mol. The predicted molar refractivity (Wildman–Crippen MR) is 87.8 cm³/mol. The third-order valence-corrected chi connectivity index (χ3v) is 4.76. The van der Waals surface area contributed by atoms with Crippen LogP contribution in [0.1, 0.15) is 19.3 Å². The molecule has 4 rings (SSSR count). The highest BCUT2D eigenvalue weighted by atomic mass is 19.1. The molecule has 0 spiro atoms. The number of halogens is 1. The van der Waals surface area contributed by atoms with E-state index in [4.69, 9.17) is 0 Å². The smallest absolute Gasteiger partial charge is 0.225 e. The van der Waals surface area contributed by atoms with E-state index in [0.29, 0.717) is 11.4 Å². The lowest BCUT2D eigenvalue weighted by atomic mass is 10.1. The van der Waals surface area contributed by atoms with Gasteiger partial charge < -0.3 is 9.80 Å². The fraction of sp³-hybridized carbons (Fsp3) is 0.444.